The van der Waals surface area contributed by atoms with E-state index in [1.807, 2.05) is 18.2 Å². The van der Waals surface area contributed by atoms with E-state index >= 15 is 0 Å². The van der Waals surface area contributed by atoms with Gasteiger partial charge in [-0.1, -0.05) is 6.07 Å². The Kier molecular flexibility index (Phi) is 5.91. The number of amides is 1. The molecule has 0 radical (unpaired) electrons. The Balaban J connectivity index is 0.00000180. The number of nitrogens with zero attached hydrogens (tertiary/aromatic N) is 4. The Morgan fingerprint density at radius 2 is 2.26 bits per heavy atom. The van der Waals surface area contributed by atoms with Crippen molar-refractivity contribution in [3.63, 3.8) is 0 Å². The second kappa shape index (κ2) is 7.45. The van der Waals surface area contributed by atoms with E-state index in [-0.39, 0.29) is 18.3 Å². The van der Waals surface area contributed by atoms with Crippen LogP contribution in [-0.4, -0.2) is 32.7 Å². The molecule has 102 valence electrons. The molecule has 0 saturated heterocycles. The minimum atomic E-state index is -0.0469. The van der Waals surface area contributed by atoms with Gasteiger partial charge in [-0.05, 0) is 41.6 Å². The molecule has 8 heteroatoms. The number of carbonyl (C=O) groups is 1. The number of carbonyl (C=O) groups excluding carboxylic acids is 1. The Morgan fingerprint density at radius 3 is 2.95 bits per heavy atom. The van der Waals surface area contributed by atoms with Gasteiger partial charge in [0.05, 0.1) is 5.69 Å². The average molecular weight is 283 g/mol. The third-order valence-corrected chi connectivity index (χ3v) is 2.35. The molecule has 0 fully saturated rings. The van der Waals surface area contributed by atoms with Crippen molar-refractivity contribution in [2.45, 2.75) is 12.8 Å². The number of rotatable bonds is 5. The van der Waals surface area contributed by atoms with Crippen molar-refractivity contribution < 1.29 is 4.79 Å². The van der Waals surface area contributed by atoms with Crippen molar-refractivity contribution >= 4 is 24.0 Å². The smallest absolute Gasteiger partial charge is 0.224 e. The Labute approximate surface area is 116 Å². The number of benzene rings is 1. The summed E-state index contributed by atoms with van der Waals surface area (Å²) in [6.45, 7) is 0.512. The van der Waals surface area contributed by atoms with Crippen LogP contribution in [0, 0.1) is 0 Å². The van der Waals surface area contributed by atoms with Gasteiger partial charge >= 0.3 is 0 Å². The van der Waals surface area contributed by atoms with Crippen LogP contribution in [-0.2, 0) is 4.79 Å². The minimum Gasteiger partial charge on any atom is -0.330 e. The monoisotopic (exact) mass is 282 g/mol. The SMILES string of the molecule is Cl.NCCCC(=O)Nc1cccc(-n2cnnn2)c1. The van der Waals surface area contributed by atoms with Crippen molar-refractivity contribution in [3.8, 4) is 5.69 Å². The molecule has 0 spiro atoms. The van der Waals surface area contributed by atoms with Crippen LogP contribution in [0.2, 0.25) is 0 Å². The molecule has 0 bridgehead atoms. The first kappa shape index (κ1) is 15.1. The van der Waals surface area contributed by atoms with Gasteiger partial charge < -0.3 is 11.1 Å². The van der Waals surface area contributed by atoms with Crippen molar-refractivity contribution in [3.05, 3.63) is 30.6 Å². The van der Waals surface area contributed by atoms with Crippen LogP contribution in [0.3, 0.4) is 0 Å². The highest BCUT2D eigenvalue weighted by Gasteiger charge is 2.03. The summed E-state index contributed by atoms with van der Waals surface area (Å²) in [4.78, 5) is 11.6. The maximum atomic E-state index is 11.6. The van der Waals surface area contributed by atoms with Gasteiger partial charge in [0, 0.05) is 12.1 Å². The van der Waals surface area contributed by atoms with Crippen molar-refractivity contribution in [1.29, 1.82) is 0 Å². The average Bonchev–Trinajstić information content (AvgIpc) is 2.90. The van der Waals surface area contributed by atoms with E-state index in [0.29, 0.717) is 25.1 Å². The van der Waals surface area contributed by atoms with Crippen molar-refractivity contribution in [1.82, 2.24) is 20.2 Å². The van der Waals surface area contributed by atoms with Crippen LogP contribution in [0.4, 0.5) is 5.69 Å². The molecule has 1 aromatic carbocycles. The maximum Gasteiger partial charge on any atom is 0.224 e. The predicted octanol–water partition coefficient (Wildman–Crippen LogP) is 0.761. The zero-order valence-corrected chi connectivity index (χ0v) is 11.0. The first-order valence-corrected chi connectivity index (χ1v) is 5.63. The van der Waals surface area contributed by atoms with E-state index in [4.69, 9.17) is 5.73 Å². The molecule has 0 atom stereocenters. The summed E-state index contributed by atoms with van der Waals surface area (Å²) in [7, 11) is 0. The molecular weight excluding hydrogens is 268 g/mol. The fourth-order valence-corrected chi connectivity index (χ4v) is 1.49. The molecule has 3 N–H and O–H groups in total. The second-order valence-corrected chi connectivity index (χ2v) is 3.75. The largest absolute Gasteiger partial charge is 0.330 e. The molecule has 0 aliphatic rings. The second-order valence-electron chi connectivity index (χ2n) is 3.75. The van der Waals surface area contributed by atoms with Gasteiger partial charge in [0.1, 0.15) is 6.33 Å². The van der Waals surface area contributed by atoms with Crippen LogP contribution in [0.15, 0.2) is 30.6 Å². The van der Waals surface area contributed by atoms with Crippen LogP contribution in [0.5, 0.6) is 0 Å². The highest BCUT2D eigenvalue weighted by Crippen LogP contribution is 2.13. The summed E-state index contributed by atoms with van der Waals surface area (Å²) < 4.78 is 1.52. The highest BCUT2D eigenvalue weighted by molar-refractivity contribution is 5.90. The van der Waals surface area contributed by atoms with Crippen LogP contribution in [0.25, 0.3) is 5.69 Å². The summed E-state index contributed by atoms with van der Waals surface area (Å²) in [5.74, 6) is -0.0469. The zero-order valence-electron chi connectivity index (χ0n) is 10.2. The molecule has 19 heavy (non-hydrogen) atoms. The van der Waals surface area contributed by atoms with Crippen molar-refractivity contribution in [2.75, 3.05) is 11.9 Å². The number of tetrazole rings is 1. The molecule has 1 heterocycles. The number of nitrogens with one attached hydrogen (secondary N) is 1. The van der Waals surface area contributed by atoms with E-state index < -0.39 is 0 Å². The highest BCUT2D eigenvalue weighted by atomic mass is 35.5. The summed E-state index contributed by atoms with van der Waals surface area (Å²) in [5, 5.41) is 13.7. The first-order chi connectivity index (χ1) is 8.79. The molecule has 2 aromatic rings. The van der Waals surface area contributed by atoms with Gasteiger partial charge in [0.2, 0.25) is 5.91 Å². The van der Waals surface area contributed by atoms with Gasteiger partial charge in [-0.3, -0.25) is 4.79 Å². The molecule has 0 unspecified atom stereocenters. The lowest BCUT2D eigenvalue weighted by molar-refractivity contribution is -0.116. The summed E-state index contributed by atoms with van der Waals surface area (Å²) in [6, 6.07) is 7.30. The fraction of sp³-hybridized carbons (Fsp3) is 0.273. The first-order valence-electron chi connectivity index (χ1n) is 5.63. The topological polar surface area (TPSA) is 98.7 Å². The molecule has 0 aliphatic carbocycles. The predicted molar refractivity (Wildman–Crippen MR) is 73.3 cm³/mol. The molecule has 7 nitrogen and oxygen atoms in total. The number of halogens is 1. The van der Waals surface area contributed by atoms with E-state index in [0.717, 1.165) is 5.69 Å². The van der Waals surface area contributed by atoms with Gasteiger partial charge in [0.25, 0.3) is 0 Å². The lowest BCUT2D eigenvalue weighted by Gasteiger charge is -2.06. The van der Waals surface area contributed by atoms with Crippen LogP contribution < -0.4 is 11.1 Å². The summed E-state index contributed by atoms with van der Waals surface area (Å²) in [6.07, 6.45) is 2.60. The van der Waals surface area contributed by atoms with Crippen LogP contribution >= 0.6 is 12.4 Å². The molecule has 0 saturated carbocycles. The summed E-state index contributed by atoms with van der Waals surface area (Å²) >= 11 is 0. The standard InChI is InChI=1S/C11H14N6O.ClH/c12-6-2-5-11(18)14-9-3-1-4-10(7-9)17-8-13-15-16-17;/h1,3-4,7-8H,2,5-6,12H2,(H,14,18);1H. The third-order valence-electron chi connectivity index (χ3n) is 2.35. The molecular formula is C11H15ClN6O. The number of aromatic nitrogens is 4. The number of hydrogen-bond donors (Lipinski definition) is 2. The lowest BCUT2D eigenvalue weighted by Crippen LogP contribution is -2.13. The van der Waals surface area contributed by atoms with Gasteiger partial charge in [-0.2, -0.15) is 0 Å². The van der Waals surface area contributed by atoms with Crippen molar-refractivity contribution in [2.24, 2.45) is 5.73 Å². The number of nitrogens with two attached hydrogens (primary N) is 1. The fourth-order valence-electron chi connectivity index (χ4n) is 1.49. The van der Waals surface area contributed by atoms with Gasteiger partial charge in [0.15, 0.2) is 0 Å². The zero-order chi connectivity index (χ0) is 12.8. The molecule has 1 amide bonds. The summed E-state index contributed by atoms with van der Waals surface area (Å²) in [5.41, 5.74) is 6.85. The Hall–Kier alpha value is -1.99. The Morgan fingerprint density at radius 1 is 1.42 bits per heavy atom. The quantitative estimate of drug-likeness (QED) is 0.843. The molecule has 0 aliphatic heterocycles. The van der Waals surface area contributed by atoms with Gasteiger partial charge in [-0.25, -0.2) is 4.68 Å². The molecule has 2 rings (SSSR count). The van der Waals surface area contributed by atoms with E-state index in [9.17, 15) is 4.79 Å². The minimum absolute atomic E-state index is 0. The van der Waals surface area contributed by atoms with E-state index in [1.54, 1.807) is 6.07 Å². The normalized spacial score (nSPS) is 9.74. The number of hydrogen-bond acceptors (Lipinski definition) is 5. The lowest BCUT2D eigenvalue weighted by atomic mass is 10.2. The molecule has 1 aromatic heterocycles. The van der Waals surface area contributed by atoms with E-state index in [2.05, 4.69) is 20.8 Å². The van der Waals surface area contributed by atoms with Gasteiger partial charge in [-0.15, -0.1) is 17.5 Å². The Bertz CT molecular complexity index is 516. The third kappa shape index (κ3) is 4.31. The maximum absolute atomic E-state index is 11.6. The van der Waals surface area contributed by atoms with Crippen LogP contribution in [0.1, 0.15) is 12.8 Å². The number of anilines is 1. The van der Waals surface area contributed by atoms with E-state index in [1.165, 1.54) is 11.0 Å².